The van der Waals surface area contributed by atoms with Gasteiger partial charge in [-0.1, -0.05) is 18.2 Å². The van der Waals surface area contributed by atoms with Crippen molar-refractivity contribution < 1.29 is 19.2 Å². The van der Waals surface area contributed by atoms with Crippen molar-refractivity contribution in [2.45, 2.75) is 6.54 Å². The fraction of sp³-hybridized carbons (Fsp3) is 0.190. The molecule has 144 valence electrons. The summed E-state index contributed by atoms with van der Waals surface area (Å²) in [5.74, 6) is 0.730. The lowest BCUT2D eigenvalue weighted by Gasteiger charge is -2.19. The Morgan fingerprint density at radius 3 is 2.39 bits per heavy atom. The summed E-state index contributed by atoms with van der Waals surface area (Å²) >= 11 is 0. The van der Waals surface area contributed by atoms with E-state index in [0.29, 0.717) is 12.3 Å². The van der Waals surface area contributed by atoms with Crippen LogP contribution in [0.1, 0.15) is 15.9 Å². The number of fused-ring (bicyclic) bond motifs is 1. The molecule has 0 aromatic heterocycles. The van der Waals surface area contributed by atoms with Gasteiger partial charge in [0.15, 0.2) is 0 Å². The van der Waals surface area contributed by atoms with Gasteiger partial charge in [0.1, 0.15) is 11.5 Å². The van der Waals surface area contributed by atoms with Crippen LogP contribution in [-0.4, -0.2) is 37.0 Å². The Balaban J connectivity index is 1.85. The van der Waals surface area contributed by atoms with Gasteiger partial charge in [-0.15, -0.1) is 0 Å². The number of methoxy groups -OCH3 is 2. The molecule has 7 nitrogen and oxygen atoms in total. The summed E-state index contributed by atoms with van der Waals surface area (Å²) in [5.41, 5.74) is 0.944. The molecule has 0 saturated carbocycles. The molecule has 3 aromatic carbocycles. The molecule has 7 heteroatoms. The zero-order valence-electron chi connectivity index (χ0n) is 15.8. The highest BCUT2D eigenvalue weighted by molar-refractivity contribution is 5.97. The van der Waals surface area contributed by atoms with Crippen LogP contribution in [0, 0.1) is 10.1 Å². The summed E-state index contributed by atoms with van der Waals surface area (Å²) in [5, 5.41) is 13.1. The number of nitro benzene ring substituents is 1. The number of benzene rings is 3. The highest BCUT2D eigenvalue weighted by Crippen LogP contribution is 2.26. The Morgan fingerprint density at radius 2 is 1.71 bits per heavy atom. The third-order valence-corrected chi connectivity index (χ3v) is 4.50. The molecule has 0 atom stereocenters. The van der Waals surface area contributed by atoms with E-state index < -0.39 is 4.92 Å². The number of hydrogen-bond acceptors (Lipinski definition) is 5. The van der Waals surface area contributed by atoms with Gasteiger partial charge >= 0.3 is 0 Å². The van der Waals surface area contributed by atoms with Crippen molar-refractivity contribution in [3.63, 3.8) is 0 Å². The number of amides is 1. The first-order chi connectivity index (χ1) is 13.4. The molecule has 28 heavy (non-hydrogen) atoms. The van der Waals surface area contributed by atoms with Crippen molar-refractivity contribution in [2.75, 3.05) is 21.3 Å². The van der Waals surface area contributed by atoms with E-state index in [9.17, 15) is 14.9 Å². The lowest BCUT2D eigenvalue weighted by molar-refractivity contribution is -0.384. The topological polar surface area (TPSA) is 81.9 Å². The van der Waals surface area contributed by atoms with Crippen molar-refractivity contribution in [2.24, 2.45) is 0 Å². The quantitative estimate of drug-likeness (QED) is 0.476. The standard InChI is InChI=1S/C21H20N2O5/c1-22(21(24)19-12-17(23(25)26)7-9-20(19)28-3)13-14-4-5-16-11-18(27-2)8-6-15(16)10-14/h4-12H,13H2,1-3H3. The summed E-state index contributed by atoms with van der Waals surface area (Å²) in [6, 6.07) is 15.7. The van der Waals surface area contributed by atoms with Gasteiger partial charge in [-0.05, 0) is 40.6 Å². The van der Waals surface area contributed by atoms with Crippen molar-refractivity contribution in [1.82, 2.24) is 4.90 Å². The minimum Gasteiger partial charge on any atom is -0.497 e. The van der Waals surface area contributed by atoms with Crippen molar-refractivity contribution in [3.8, 4) is 11.5 Å². The van der Waals surface area contributed by atoms with Crippen LogP contribution >= 0.6 is 0 Å². The molecule has 0 bridgehead atoms. The lowest BCUT2D eigenvalue weighted by Crippen LogP contribution is -2.26. The maximum atomic E-state index is 12.9. The van der Waals surface area contributed by atoms with Crippen LogP contribution in [0.25, 0.3) is 10.8 Å². The van der Waals surface area contributed by atoms with E-state index in [1.54, 1.807) is 14.2 Å². The molecule has 0 aliphatic carbocycles. The third-order valence-electron chi connectivity index (χ3n) is 4.50. The van der Waals surface area contributed by atoms with Crippen LogP contribution in [0.5, 0.6) is 11.5 Å². The van der Waals surface area contributed by atoms with Crippen LogP contribution in [-0.2, 0) is 6.54 Å². The van der Waals surface area contributed by atoms with Gasteiger partial charge in [0.2, 0.25) is 0 Å². The first-order valence-corrected chi connectivity index (χ1v) is 8.57. The van der Waals surface area contributed by atoms with Crippen molar-refractivity contribution in [1.29, 1.82) is 0 Å². The second kappa shape index (κ2) is 7.96. The fourth-order valence-electron chi connectivity index (χ4n) is 3.03. The molecular formula is C21H20N2O5. The van der Waals surface area contributed by atoms with Gasteiger partial charge in [0.25, 0.3) is 11.6 Å². The second-order valence-electron chi connectivity index (χ2n) is 6.35. The monoisotopic (exact) mass is 380 g/mol. The van der Waals surface area contributed by atoms with Gasteiger partial charge in [-0.3, -0.25) is 14.9 Å². The minimum atomic E-state index is -0.534. The molecule has 0 spiro atoms. The van der Waals surface area contributed by atoms with E-state index in [1.807, 2.05) is 36.4 Å². The smallest absolute Gasteiger partial charge is 0.270 e. The molecule has 0 aliphatic heterocycles. The zero-order chi connectivity index (χ0) is 20.3. The fourth-order valence-corrected chi connectivity index (χ4v) is 3.03. The molecule has 0 aliphatic rings. The Bertz CT molecular complexity index is 1050. The number of non-ortho nitro benzene ring substituents is 1. The Hall–Kier alpha value is -3.61. The van der Waals surface area contributed by atoms with Gasteiger partial charge in [0, 0.05) is 25.7 Å². The molecule has 1 amide bonds. The van der Waals surface area contributed by atoms with Crippen LogP contribution in [0.4, 0.5) is 5.69 Å². The highest BCUT2D eigenvalue weighted by Gasteiger charge is 2.20. The van der Waals surface area contributed by atoms with E-state index in [2.05, 4.69) is 0 Å². The first kappa shape index (κ1) is 19.2. The molecule has 0 N–H and O–H groups in total. The number of nitro groups is 1. The molecule has 0 fully saturated rings. The van der Waals surface area contributed by atoms with Gasteiger partial charge in [-0.25, -0.2) is 0 Å². The molecule has 3 rings (SSSR count). The lowest BCUT2D eigenvalue weighted by atomic mass is 10.1. The van der Waals surface area contributed by atoms with E-state index >= 15 is 0 Å². The van der Waals surface area contributed by atoms with Crippen molar-refractivity contribution >= 4 is 22.4 Å². The summed E-state index contributed by atoms with van der Waals surface area (Å²) in [7, 11) is 4.70. The Labute approximate surface area is 162 Å². The normalized spacial score (nSPS) is 10.5. The molecule has 0 saturated heterocycles. The van der Waals surface area contributed by atoms with Crippen LogP contribution in [0.3, 0.4) is 0 Å². The molecule has 0 unspecified atom stereocenters. The highest BCUT2D eigenvalue weighted by atomic mass is 16.6. The van der Waals surface area contributed by atoms with Gasteiger partial charge < -0.3 is 14.4 Å². The van der Waals surface area contributed by atoms with Crippen LogP contribution < -0.4 is 9.47 Å². The number of ether oxygens (including phenoxy) is 2. The Kier molecular flexibility index (Phi) is 5.44. The number of hydrogen-bond donors (Lipinski definition) is 0. The molecule has 0 heterocycles. The van der Waals surface area contributed by atoms with Gasteiger partial charge in [-0.2, -0.15) is 0 Å². The second-order valence-corrected chi connectivity index (χ2v) is 6.35. The zero-order valence-corrected chi connectivity index (χ0v) is 15.8. The SMILES string of the molecule is COc1ccc2cc(CN(C)C(=O)c3cc([N+](=O)[O-])ccc3OC)ccc2c1. The summed E-state index contributed by atoms with van der Waals surface area (Å²) < 4.78 is 10.4. The predicted molar refractivity (Wildman–Crippen MR) is 106 cm³/mol. The van der Waals surface area contributed by atoms with Crippen LogP contribution in [0.15, 0.2) is 54.6 Å². The number of rotatable bonds is 6. The predicted octanol–water partition coefficient (Wildman–Crippen LogP) is 4.04. The van der Waals surface area contributed by atoms with Crippen LogP contribution in [0.2, 0.25) is 0 Å². The number of carbonyl (C=O) groups is 1. The largest absolute Gasteiger partial charge is 0.497 e. The van der Waals surface area contributed by atoms with E-state index in [0.717, 1.165) is 22.1 Å². The first-order valence-electron chi connectivity index (χ1n) is 8.57. The third kappa shape index (κ3) is 3.88. The summed E-state index contributed by atoms with van der Waals surface area (Å²) in [6.07, 6.45) is 0. The Morgan fingerprint density at radius 1 is 1.00 bits per heavy atom. The molecule has 0 radical (unpaired) electrons. The van der Waals surface area contributed by atoms with E-state index in [1.165, 1.54) is 30.2 Å². The average Bonchev–Trinajstić information content (AvgIpc) is 2.72. The molecule has 3 aromatic rings. The molecular weight excluding hydrogens is 360 g/mol. The summed E-state index contributed by atoms with van der Waals surface area (Å²) in [6.45, 7) is 0.354. The van der Waals surface area contributed by atoms with Crippen molar-refractivity contribution in [3.05, 3.63) is 75.8 Å². The number of nitrogens with zero attached hydrogens (tertiary/aromatic N) is 2. The minimum absolute atomic E-state index is 0.155. The number of carbonyl (C=O) groups excluding carboxylic acids is 1. The van der Waals surface area contributed by atoms with E-state index in [4.69, 9.17) is 9.47 Å². The maximum Gasteiger partial charge on any atom is 0.270 e. The maximum absolute atomic E-state index is 12.9. The summed E-state index contributed by atoms with van der Waals surface area (Å²) in [4.78, 5) is 24.9. The average molecular weight is 380 g/mol. The van der Waals surface area contributed by atoms with Gasteiger partial charge in [0.05, 0.1) is 24.7 Å². The van der Waals surface area contributed by atoms with E-state index in [-0.39, 0.29) is 17.2 Å².